The fraction of sp³-hybridized carbons (Fsp3) is 0.310. The van der Waals surface area contributed by atoms with Gasteiger partial charge in [0, 0.05) is 28.6 Å². The minimum absolute atomic E-state index is 0.0865. The first-order valence-electron chi connectivity index (χ1n) is 12.2. The number of hydrogen-bond donors (Lipinski definition) is 1. The van der Waals surface area contributed by atoms with Gasteiger partial charge in [-0.25, -0.2) is 0 Å². The molecule has 0 radical (unpaired) electrons. The van der Waals surface area contributed by atoms with Gasteiger partial charge in [-0.15, -0.1) is 0 Å². The standard InChI is InChI=1S/C29H26Cl2O5/c30-20-9-6-17(23(14-20)18-4-5-18)2-1-3-26(32)19-7-10-21(11-8-19)36-28-16-27-24(15-25(28)31)22(29(33)34)12-13-35-27/h6-11,14-16,18,22H,1-5,12-13H2,(H,33,34). The molecule has 5 rings (SSSR count). The third kappa shape index (κ3) is 5.53. The highest BCUT2D eigenvalue weighted by atomic mass is 35.5. The molecule has 1 atom stereocenters. The Morgan fingerprint density at radius 1 is 0.972 bits per heavy atom. The minimum Gasteiger partial charge on any atom is -0.493 e. The van der Waals surface area contributed by atoms with Crippen molar-refractivity contribution in [1.29, 1.82) is 0 Å². The third-order valence-electron chi connectivity index (χ3n) is 6.78. The summed E-state index contributed by atoms with van der Waals surface area (Å²) in [7, 11) is 0. The minimum atomic E-state index is -0.902. The summed E-state index contributed by atoms with van der Waals surface area (Å²) in [5, 5.41) is 10.5. The summed E-state index contributed by atoms with van der Waals surface area (Å²) in [5.74, 6) is 0.514. The average molecular weight is 525 g/mol. The van der Waals surface area contributed by atoms with Crippen molar-refractivity contribution in [3.8, 4) is 17.2 Å². The Balaban J connectivity index is 1.20. The van der Waals surface area contributed by atoms with E-state index < -0.39 is 11.9 Å². The van der Waals surface area contributed by atoms with Gasteiger partial charge in [0.1, 0.15) is 17.2 Å². The summed E-state index contributed by atoms with van der Waals surface area (Å²) in [6, 6.07) is 16.3. The maximum atomic E-state index is 12.7. The van der Waals surface area contributed by atoms with Gasteiger partial charge < -0.3 is 14.6 Å². The molecule has 3 aromatic carbocycles. The molecule has 7 heteroatoms. The van der Waals surface area contributed by atoms with Crippen LogP contribution in [-0.4, -0.2) is 23.5 Å². The number of halogens is 2. The van der Waals surface area contributed by atoms with Gasteiger partial charge in [-0.3, -0.25) is 9.59 Å². The van der Waals surface area contributed by atoms with Crippen LogP contribution in [0.25, 0.3) is 0 Å². The number of fused-ring (bicyclic) bond motifs is 1. The number of benzene rings is 3. The van der Waals surface area contributed by atoms with Crippen LogP contribution >= 0.6 is 23.2 Å². The van der Waals surface area contributed by atoms with Crippen LogP contribution < -0.4 is 9.47 Å². The zero-order valence-corrected chi connectivity index (χ0v) is 21.1. The molecular formula is C29H26Cl2O5. The Labute approximate surface area is 219 Å². The first kappa shape index (κ1) is 24.7. The monoisotopic (exact) mass is 524 g/mol. The Kier molecular flexibility index (Phi) is 7.22. The summed E-state index contributed by atoms with van der Waals surface area (Å²) >= 11 is 12.6. The topological polar surface area (TPSA) is 72.8 Å². The number of ketones is 1. The van der Waals surface area contributed by atoms with Gasteiger partial charge in [-0.2, -0.15) is 0 Å². The van der Waals surface area contributed by atoms with Crippen molar-refractivity contribution in [2.45, 2.75) is 50.4 Å². The first-order chi connectivity index (χ1) is 17.4. The van der Waals surface area contributed by atoms with Crippen LogP contribution in [0.15, 0.2) is 54.6 Å². The molecule has 186 valence electrons. The van der Waals surface area contributed by atoms with Crippen molar-refractivity contribution in [3.05, 3.63) is 86.9 Å². The van der Waals surface area contributed by atoms with E-state index in [2.05, 4.69) is 12.1 Å². The van der Waals surface area contributed by atoms with E-state index in [0.29, 0.717) is 58.8 Å². The van der Waals surface area contributed by atoms with E-state index in [-0.39, 0.29) is 5.78 Å². The highest BCUT2D eigenvalue weighted by molar-refractivity contribution is 6.32. The molecule has 0 amide bonds. The van der Waals surface area contributed by atoms with Crippen LogP contribution in [0.1, 0.15) is 71.0 Å². The highest BCUT2D eigenvalue weighted by Gasteiger charge is 2.29. The van der Waals surface area contributed by atoms with Gasteiger partial charge in [0.05, 0.1) is 17.5 Å². The van der Waals surface area contributed by atoms with Gasteiger partial charge in [0.15, 0.2) is 5.78 Å². The second-order valence-corrected chi connectivity index (χ2v) is 10.2. The molecule has 0 saturated heterocycles. The van der Waals surface area contributed by atoms with E-state index in [0.717, 1.165) is 17.9 Å². The molecule has 1 saturated carbocycles. The normalized spacial score (nSPS) is 16.7. The summed E-state index contributed by atoms with van der Waals surface area (Å²) in [4.78, 5) is 24.3. The lowest BCUT2D eigenvalue weighted by Gasteiger charge is -2.24. The Hall–Kier alpha value is -3.02. The average Bonchev–Trinajstić information content (AvgIpc) is 3.71. The van der Waals surface area contributed by atoms with Gasteiger partial charge in [0.25, 0.3) is 0 Å². The number of rotatable bonds is 9. The molecule has 1 fully saturated rings. The molecular weight excluding hydrogens is 499 g/mol. The lowest BCUT2D eigenvalue weighted by atomic mass is 9.93. The number of carbonyl (C=O) groups is 2. The van der Waals surface area contributed by atoms with Gasteiger partial charge in [-0.05, 0) is 91.6 Å². The lowest BCUT2D eigenvalue weighted by molar-refractivity contribution is -0.139. The van der Waals surface area contributed by atoms with Crippen molar-refractivity contribution in [3.63, 3.8) is 0 Å². The quantitative estimate of drug-likeness (QED) is 0.289. The molecule has 1 N–H and O–H groups in total. The molecule has 1 aliphatic carbocycles. The molecule has 1 unspecified atom stereocenters. The van der Waals surface area contributed by atoms with E-state index in [4.69, 9.17) is 32.7 Å². The van der Waals surface area contributed by atoms with E-state index in [9.17, 15) is 14.7 Å². The molecule has 1 aliphatic heterocycles. The number of carboxylic acid groups (broad SMARTS) is 1. The number of ether oxygens (including phenoxy) is 2. The van der Waals surface area contributed by atoms with Crippen LogP contribution in [0.2, 0.25) is 10.0 Å². The number of aliphatic carboxylic acids is 1. The Bertz CT molecular complexity index is 1300. The number of hydrogen-bond acceptors (Lipinski definition) is 4. The van der Waals surface area contributed by atoms with Crippen LogP contribution in [0.3, 0.4) is 0 Å². The maximum Gasteiger partial charge on any atom is 0.311 e. The van der Waals surface area contributed by atoms with Crippen molar-refractivity contribution >= 4 is 35.0 Å². The number of aryl methyl sites for hydroxylation is 1. The molecule has 2 aliphatic rings. The molecule has 5 nitrogen and oxygen atoms in total. The summed E-state index contributed by atoms with van der Waals surface area (Å²) in [5.41, 5.74) is 3.81. The molecule has 0 aromatic heterocycles. The van der Waals surface area contributed by atoms with Crippen LogP contribution in [0, 0.1) is 0 Å². The van der Waals surface area contributed by atoms with Crippen LogP contribution in [0.5, 0.6) is 17.2 Å². The van der Waals surface area contributed by atoms with E-state index in [1.54, 1.807) is 36.4 Å². The van der Waals surface area contributed by atoms with Crippen molar-refractivity contribution in [2.24, 2.45) is 0 Å². The Morgan fingerprint density at radius 3 is 2.47 bits per heavy atom. The second-order valence-electron chi connectivity index (χ2n) is 9.37. The molecule has 36 heavy (non-hydrogen) atoms. The molecule has 0 spiro atoms. The third-order valence-corrected chi connectivity index (χ3v) is 7.31. The van der Waals surface area contributed by atoms with Gasteiger partial charge in [0.2, 0.25) is 0 Å². The number of carbonyl (C=O) groups excluding carboxylic acids is 1. The van der Waals surface area contributed by atoms with Gasteiger partial charge >= 0.3 is 5.97 Å². The van der Waals surface area contributed by atoms with Crippen LogP contribution in [-0.2, 0) is 11.2 Å². The summed E-state index contributed by atoms with van der Waals surface area (Å²) < 4.78 is 11.5. The van der Waals surface area contributed by atoms with Crippen molar-refractivity contribution < 1.29 is 24.2 Å². The molecule has 1 heterocycles. The predicted octanol–water partition coefficient (Wildman–Crippen LogP) is 7.82. The second kappa shape index (κ2) is 10.5. The number of carboxylic acids is 1. The summed E-state index contributed by atoms with van der Waals surface area (Å²) in [6.07, 6.45) is 4.93. The number of Topliss-reactive ketones (excluding diaryl/α,β-unsaturated/α-hetero) is 1. The largest absolute Gasteiger partial charge is 0.493 e. The van der Waals surface area contributed by atoms with Crippen LogP contribution in [0.4, 0.5) is 0 Å². The highest BCUT2D eigenvalue weighted by Crippen LogP contribution is 2.43. The fourth-order valence-corrected chi connectivity index (χ4v) is 5.10. The van der Waals surface area contributed by atoms with E-state index in [1.165, 1.54) is 24.0 Å². The SMILES string of the molecule is O=C(CCCc1ccc(Cl)cc1C1CC1)c1ccc(Oc2cc3c(cc2Cl)C(C(=O)O)CCO3)cc1. The maximum absolute atomic E-state index is 12.7. The van der Waals surface area contributed by atoms with Crippen molar-refractivity contribution in [1.82, 2.24) is 0 Å². The van der Waals surface area contributed by atoms with E-state index >= 15 is 0 Å². The van der Waals surface area contributed by atoms with Gasteiger partial charge in [-0.1, -0.05) is 29.3 Å². The Morgan fingerprint density at radius 2 is 1.75 bits per heavy atom. The molecule has 3 aromatic rings. The predicted molar refractivity (Wildman–Crippen MR) is 139 cm³/mol. The zero-order chi connectivity index (χ0) is 25.2. The fourth-order valence-electron chi connectivity index (χ4n) is 4.71. The zero-order valence-electron chi connectivity index (χ0n) is 19.6. The smallest absolute Gasteiger partial charge is 0.311 e. The van der Waals surface area contributed by atoms with Crippen molar-refractivity contribution in [2.75, 3.05) is 6.61 Å². The molecule has 0 bridgehead atoms. The lowest BCUT2D eigenvalue weighted by Crippen LogP contribution is -2.20. The first-order valence-corrected chi connectivity index (χ1v) is 12.9. The van der Waals surface area contributed by atoms with E-state index in [1.807, 2.05) is 6.07 Å². The summed E-state index contributed by atoms with van der Waals surface area (Å²) in [6.45, 7) is 0.321.